The number of aromatic hydroxyl groups is 1. The minimum atomic E-state index is -0.198. The first-order chi connectivity index (χ1) is 9.22. The molecule has 0 heterocycles. The van der Waals surface area contributed by atoms with Gasteiger partial charge in [-0.2, -0.15) is 0 Å². The molecule has 0 saturated heterocycles. The van der Waals surface area contributed by atoms with Gasteiger partial charge in [0.1, 0.15) is 11.6 Å². The molecule has 0 amide bonds. The SMILES string of the molecule is Oc1ccc2c(c1)CCC2NCc1cccc(F)c1. The summed E-state index contributed by atoms with van der Waals surface area (Å²) in [6.45, 7) is 0.655. The van der Waals surface area contributed by atoms with Crippen molar-refractivity contribution in [3.8, 4) is 5.75 Å². The van der Waals surface area contributed by atoms with Crippen LogP contribution >= 0.6 is 0 Å². The quantitative estimate of drug-likeness (QED) is 0.884. The maximum absolute atomic E-state index is 13.1. The third-order valence-electron chi connectivity index (χ3n) is 3.65. The van der Waals surface area contributed by atoms with Crippen LogP contribution in [0.5, 0.6) is 5.75 Å². The van der Waals surface area contributed by atoms with E-state index < -0.39 is 0 Å². The predicted molar refractivity (Wildman–Crippen MR) is 72.4 cm³/mol. The first kappa shape index (κ1) is 12.2. The highest BCUT2D eigenvalue weighted by Gasteiger charge is 2.21. The normalized spacial score (nSPS) is 17.4. The molecule has 2 aromatic carbocycles. The van der Waals surface area contributed by atoms with Crippen molar-refractivity contribution >= 4 is 0 Å². The van der Waals surface area contributed by atoms with Crippen LogP contribution in [0.15, 0.2) is 42.5 Å². The molecule has 0 saturated carbocycles. The summed E-state index contributed by atoms with van der Waals surface area (Å²) in [5, 5.41) is 12.9. The summed E-state index contributed by atoms with van der Waals surface area (Å²) in [6, 6.07) is 12.5. The van der Waals surface area contributed by atoms with E-state index in [1.165, 1.54) is 17.2 Å². The smallest absolute Gasteiger partial charge is 0.123 e. The molecule has 0 bridgehead atoms. The number of halogens is 1. The number of aryl methyl sites for hydroxylation is 1. The van der Waals surface area contributed by atoms with Crippen molar-refractivity contribution in [2.45, 2.75) is 25.4 Å². The van der Waals surface area contributed by atoms with Crippen molar-refractivity contribution in [1.82, 2.24) is 5.32 Å². The van der Waals surface area contributed by atoms with E-state index in [-0.39, 0.29) is 5.82 Å². The van der Waals surface area contributed by atoms with Crippen LogP contribution in [0.1, 0.15) is 29.2 Å². The molecule has 0 aromatic heterocycles. The van der Waals surface area contributed by atoms with E-state index >= 15 is 0 Å². The Kier molecular flexibility index (Phi) is 3.22. The van der Waals surface area contributed by atoms with Crippen molar-refractivity contribution in [1.29, 1.82) is 0 Å². The molecule has 0 fully saturated rings. The summed E-state index contributed by atoms with van der Waals surface area (Å²) in [6.07, 6.45) is 2.00. The van der Waals surface area contributed by atoms with Crippen LogP contribution in [-0.2, 0) is 13.0 Å². The average molecular weight is 257 g/mol. The van der Waals surface area contributed by atoms with Gasteiger partial charge in [0.25, 0.3) is 0 Å². The molecule has 1 atom stereocenters. The lowest BCUT2D eigenvalue weighted by Gasteiger charge is -2.14. The van der Waals surface area contributed by atoms with E-state index in [0.29, 0.717) is 18.3 Å². The van der Waals surface area contributed by atoms with Crippen LogP contribution in [-0.4, -0.2) is 5.11 Å². The number of rotatable bonds is 3. The van der Waals surface area contributed by atoms with Crippen molar-refractivity contribution in [3.05, 3.63) is 65.0 Å². The minimum Gasteiger partial charge on any atom is -0.508 e. The summed E-state index contributed by atoms with van der Waals surface area (Å²) >= 11 is 0. The van der Waals surface area contributed by atoms with Gasteiger partial charge in [-0.25, -0.2) is 4.39 Å². The molecule has 2 aromatic rings. The number of phenolic OH excluding ortho intramolecular Hbond substituents is 1. The van der Waals surface area contributed by atoms with E-state index in [1.54, 1.807) is 18.2 Å². The molecule has 3 rings (SSSR count). The lowest BCUT2D eigenvalue weighted by Crippen LogP contribution is -2.18. The largest absolute Gasteiger partial charge is 0.508 e. The Morgan fingerprint density at radius 1 is 1.21 bits per heavy atom. The topological polar surface area (TPSA) is 32.3 Å². The lowest BCUT2D eigenvalue weighted by molar-refractivity contribution is 0.474. The molecule has 1 unspecified atom stereocenters. The number of phenols is 1. The molecular formula is C16H16FNO. The Bertz CT molecular complexity index is 597. The summed E-state index contributed by atoms with van der Waals surface area (Å²) in [4.78, 5) is 0. The molecule has 1 aliphatic rings. The highest BCUT2D eigenvalue weighted by atomic mass is 19.1. The summed E-state index contributed by atoms with van der Waals surface area (Å²) in [7, 11) is 0. The first-order valence-electron chi connectivity index (χ1n) is 6.52. The third-order valence-corrected chi connectivity index (χ3v) is 3.65. The van der Waals surface area contributed by atoms with Crippen LogP contribution in [0.25, 0.3) is 0 Å². The summed E-state index contributed by atoms with van der Waals surface area (Å²) in [5.74, 6) is 0.126. The van der Waals surface area contributed by atoms with E-state index in [1.807, 2.05) is 18.2 Å². The van der Waals surface area contributed by atoms with Crippen molar-refractivity contribution in [2.24, 2.45) is 0 Å². The third kappa shape index (κ3) is 2.61. The van der Waals surface area contributed by atoms with Gasteiger partial charge >= 0.3 is 0 Å². The molecule has 3 heteroatoms. The average Bonchev–Trinajstić information content (AvgIpc) is 2.78. The van der Waals surface area contributed by atoms with Crippen molar-refractivity contribution in [2.75, 3.05) is 0 Å². The molecule has 98 valence electrons. The maximum Gasteiger partial charge on any atom is 0.123 e. The van der Waals surface area contributed by atoms with E-state index in [9.17, 15) is 9.50 Å². The fourth-order valence-electron chi connectivity index (χ4n) is 2.70. The Hall–Kier alpha value is -1.87. The Morgan fingerprint density at radius 2 is 2.11 bits per heavy atom. The van der Waals surface area contributed by atoms with Gasteiger partial charge in [-0.15, -0.1) is 0 Å². The highest BCUT2D eigenvalue weighted by Crippen LogP contribution is 2.33. The number of benzene rings is 2. The summed E-state index contributed by atoms with van der Waals surface area (Å²) < 4.78 is 13.1. The zero-order valence-electron chi connectivity index (χ0n) is 10.6. The standard InChI is InChI=1S/C16H16FNO/c17-13-3-1-2-11(8-13)10-18-16-7-4-12-9-14(19)5-6-15(12)16/h1-3,5-6,8-9,16,18-19H,4,7,10H2. The number of hydrogen-bond donors (Lipinski definition) is 2. The number of fused-ring (bicyclic) bond motifs is 1. The Labute approximate surface area is 111 Å². The van der Waals surface area contributed by atoms with Gasteiger partial charge in [0.15, 0.2) is 0 Å². The van der Waals surface area contributed by atoms with E-state index in [4.69, 9.17) is 0 Å². The Morgan fingerprint density at radius 3 is 2.95 bits per heavy atom. The van der Waals surface area contributed by atoms with Gasteiger partial charge in [-0.05, 0) is 53.8 Å². The Balaban J connectivity index is 1.70. The molecule has 1 aliphatic carbocycles. The minimum absolute atomic E-state index is 0.198. The second kappa shape index (κ2) is 5.02. The fraction of sp³-hybridized carbons (Fsp3) is 0.250. The molecule has 2 N–H and O–H groups in total. The van der Waals surface area contributed by atoms with Crippen LogP contribution in [0.4, 0.5) is 4.39 Å². The van der Waals surface area contributed by atoms with Gasteiger partial charge in [0.2, 0.25) is 0 Å². The fourth-order valence-corrected chi connectivity index (χ4v) is 2.70. The van der Waals surface area contributed by atoms with Crippen molar-refractivity contribution < 1.29 is 9.50 Å². The van der Waals surface area contributed by atoms with Gasteiger partial charge in [0, 0.05) is 12.6 Å². The van der Waals surface area contributed by atoms with Crippen LogP contribution in [0.2, 0.25) is 0 Å². The number of nitrogens with one attached hydrogen (secondary N) is 1. The van der Waals surface area contributed by atoms with Crippen LogP contribution in [0, 0.1) is 5.82 Å². The molecule has 2 nitrogen and oxygen atoms in total. The molecule has 0 spiro atoms. The van der Waals surface area contributed by atoms with Gasteiger partial charge in [-0.3, -0.25) is 0 Å². The van der Waals surface area contributed by atoms with Gasteiger partial charge < -0.3 is 10.4 Å². The van der Waals surface area contributed by atoms with Crippen molar-refractivity contribution in [3.63, 3.8) is 0 Å². The second-order valence-corrected chi connectivity index (χ2v) is 4.99. The predicted octanol–water partition coefficient (Wildman–Crippen LogP) is 3.31. The molecule has 0 aliphatic heterocycles. The maximum atomic E-state index is 13.1. The summed E-state index contributed by atoms with van der Waals surface area (Å²) in [5.41, 5.74) is 3.40. The van der Waals surface area contributed by atoms with Gasteiger partial charge in [0.05, 0.1) is 0 Å². The van der Waals surface area contributed by atoms with Gasteiger partial charge in [-0.1, -0.05) is 18.2 Å². The zero-order chi connectivity index (χ0) is 13.2. The van der Waals surface area contributed by atoms with E-state index in [2.05, 4.69) is 5.32 Å². The monoisotopic (exact) mass is 257 g/mol. The molecular weight excluding hydrogens is 241 g/mol. The number of hydrogen-bond acceptors (Lipinski definition) is 2. The lowest BCUT2D eigenvalue weighted by atomic mass is 10.1. The zero-order valence-corrected chi connectivity index (χ0v) is 10.6. The second-order valence-electron chi connectivity index (χ2n) is 4.99. The molecule has 0 radical (unpaired) electrons. The van der Waals surface area contributed by atoms with Crippen LogP contribution in [0.3, 0.4) is 0 Å². The molecule has 19 heavy (non-hydrogen) atoms. The highest BCUT2D eigenvalue weighted by molar-refractivity contribution is 5.40. The van der Waals surface area contributed by atoms with Crippen LogP contribution < -0.4 is 5.32 Å². The van der Waals surface area contributed by atoms with E-state index in [0.717, 1.165) is 18.4 Å². The first-order valence-corrected chi connectivity index (χ1v) is 6.52.